The van der Waals surface area contributed by atoms with Crippen LogP contribution in [0.1, 0.15) is 26.7 Å². The van der Waals surface area contributed by atoms with E-state index in [0.717, 1.165) is 30.9 Å². The summed E-state index contributed by atoms with van der Waals surface area (Å²) in [5.41, 5.74) is 0. The highest BCUT2D eigenvalue weighted by atomic mass is 35.5. The van der Waals surface area contributed by atoms with Gasteiger partial charge < -0.3 is 4.90 Å². The molecule has 0 saturated carbocycles. The molecule has 1 aliphatic rings. The van der Waals surface area contributed by atoms with E-state index in [1.165, 1.54) is 0 Å². The van der Waals surface area contributed by atoms with Crippen molar-refractivity contribution < 1.29 is 4.79 Å². The number of amides is 1. The topological polar surface area (TPSA) is 20.3 Å². The van der Waals surface area contributed by atoms with Gasteiger partial charge in [0.25, 0.3) is 0 Å². The Kier molecular flexibility index (Phi) is 5.83. The normalized spacial score (nSPS) is 20.9. The van der Waals surface area contributed by atoms with Gasteiger partial charge in [0.2, 0.25) is 5.91 Å². The molecule has 1 amide bonds. The van der Waals surface area contributed by atoms with E-state index in [4.69, 9.17) is 11.6 Å². The third-order valence-corrected chi connectivity index (χ3v) is 4.15. The highest BCUT2D eigenvalue weighted by Gasteiger charge is 2.28. The molecule has 15 heavy (non-hydrogen) atoms. The summed E-state index contributed by atoms with van der Waals surface area (Å²) in [6.45, 7) is 4.96. The van der Waals surface area contributed by atoms with Gasteiger partial charge in [-0.15, -0.1) is 11.6 Å². The minimum Gasteiger partial charge on any atom is -0.340 e. The van der Waals surface area contributed by atoms with Crippen molar-refractivity contribution in [2.24, 2.45) is 5.92 Å². The molecule has 1 aliphatic heterocycles. The van der Waals surface area contributed by atoms with E-state index in [9.17, 15) is 4.79 Å². The van der Waals surface area contributed by atoms with Crippen molar-refractivity contribution in [1.29, 1.82) is 0 Å². The van der Waals surface area contributed by atoms with Crippen molar-refractivity contribution in [2.75, 3.05) is 23.9 Å². The number of alkyl halides is 1. The predicted octanol–water partition coefficient (Wildman–Crippen LogP) is 2.61. The lowest BCUT2D eigenvalue weighted by Gasteiger charge is -2.29. The predicted molar refractivity (Wildman–Crippen MR) is 67.6 cm³/mol. The minimum atomic E-state index is 0.257. The first-order valence-electron chi connectivity index (χ1n) is 5.61. The molecule has 0 bridgehead atoms. The quantitative estimate of drug-likeness (QED) is 0.699. The van der Waals surface area contributed by atoms with Crippen LogP contribution in [0.3, 0.4) is 0 Å². The molecule has 88 valence electrons. The standard InChI is InChI=1S/C11H20ClNOS/c1-9(2)13(6-3-5-12)11(14)10-4-7-15-8-10/h9-10H,3-8H2,1-2H3. The van der Waals surface area contributed by atoms with E-state index in [1.54, 1.807) is 0 Å². The smallest absolute Gasteiger partial charge is 0.226 e. The van der Waals surface area contributed by atoms with Gasteiger partial charge in [0.15, 0.2) is 0 Å². The first-order chi connectivity index (χ1) is 7.16. The summed E-state index contributed by atoms with van der Waals surface area (Å²) in [5, 5.41) is 0. The molecular weight excluding hydrogens is 230 g/mol. The molecule has 0 radical (unpaired) electrons. The molecule has 0 spiro atoms. The molecule has 0 aromatic carbocycles. The van der Waals surface area contributed by atoms with Crippen LogP contribution in [-0.4, -0.2) is 40.8 Å². The number of hydrogen-bond donors (Lipinski definition) is 0. The number of hydrogen-bond acceptors (Lipinski definition) is 2. The fraction of sp³-hybridized carbons (Fsp3) is 0.909. The number of rotatable bonds is 5. The first-order valence-corrected chi connectivity index (χ1v) is 7.30. The summed E-state index contributed by atoms with van der Waals surface area (Å²) in [6.07, 6.45) is 1.94. The number of halogens is 1. The Balaban J connectivity index is 2.49. The Bertz CT molecular complexity index is 205. The monoisotopic (exact) mass is 249 g/mol. The molecule has 1 fully saturated rings. The maximum atomic E-state index is 12.2. The molecule has 1 atom stereocenters. The Morgan fingerprint density at radius 3 is 2.80 bits per heavy atom. The van der Waals surface area contributed by atoms with Crippen molar-refractivity contribution in [3.8, 4) is 0 Å². The Hall–Kier alpha value is 0.110. The molecule has 1 rings (SSSR count). The zero-order valence-electron chi connectivity index (χ0n) is 9.54. The first kappa shape index (κ1) is 13.2. The molecular formula is C11H20ClNOS. The third kappa shape index (κ3) is 3.87. The lowest BCUT2D eigenvalue weighted by atomic mass is 10.1. The number of thioether (sulfide) groups is 1. The average Bonchev–Trinajstić information content (AvgIpc) is 2.70. The Labute approximate surface area is 102 Å². The van der Waals surface area contributed by atoms with Crippen molar-refractivity contribution in [2.45, 2.75) is 32.7 Å². The van der Waals surface area contributed by atoms with Crippen LogP contribution in [0.15, 0.2) is 0 Å². The van der Waals surface area contributed by atoms with Crippen LogP contribution in [0, 0.1) is 5.92 Å². The second kappa shape index (κ2) is 6.64. The fourth-order valence-electron chi connectivity index (χ4n) is 1.82. The van der Waals surface area contributed by atoms with Crippen LogP contribution in [0.25, 0.3) is 0 Å². The molecule has 4 heteroatoms. The van der Waals surface area contributed by atoms with Gasteiger partial charge in [-0.25, -0.2) is 0 Å². The zero-order chi connectivity index (χ0) is 11.3. The van der Waals surface area contributed by atoms with E-state index in [2.05, 4.69) is 13.8 Å². The van der Waals surface area contributed by atoms with E-state index >= 15 is 0 Å². The molecule has 1 heterocycles. The maximum Gasteiger partial charge on any atom is 0.226 e. The number of carbonyl (C=O) groups is 1. The van der Waals surface area contributed by atoms with Crippen LogP contribution < -0.4 is 0 Å². The van der Waals surface area contributed by atoms with Crippen LogP contribution in [0.2, 0.25) is 0 Å². The summed E-state index contributed by atoms with van der Waals surface area (Å²) < 4.78 is 0. The second-order valence-corrected chi connectivity index (χ2v) is 5.76. The molecule has 1 unspecified atom stereocenters. The maximum absolute atomic E-state index is 12.2. The Morgan fingerprint density at radius 1 is 1.60 bits per heavy atom. The zero-order valence-corrected chi connectivity index (χ0v) is 11.1. The van der Waals surface area contributed by atoms with Crippen molar-refractivity contribution in [3.05, 3.63) is 0 Å². The van der Waals surface area contributed by atoms with Crippen molar-refractivity contribution in [3.63, 3.8) is 0 Å². The largest absolute Gasteiger partial charge is 0.340 e. The van der Waals surface area contributed by atoms with Crippen LogP contribution in [-0.2, 0) is 4.79 Å². The van der Waals surface area contributed by atoms with Crippen molar-refractivity contribution >= 4 is 29.3 Å². The molecule has 1 saturated heterocycles. The lowest BCUT2D eigenvalue weighted by molar-refractivity contribution is -0.136. The highest BCUT2D eigenvalue weighted by molar-refractivity contribution is 7.99. The summed E-state index contributed by atoms with van der Waals surface area (Å²) in [6, 6.07) is 0.298. The van der Waals surface area contributed by atoms with Gasteiger partial charge in [0, 0.05) is 30.1 Å². The van der Waals surface area contributed by atoms with E-state index < -0.39 is 0 Å². The second-order valence-electron chi connectivity index (χ2n) is 4.23. The lowest BCUT2D eigenvalue weighted by Crippen LogP contribution is -2.41. The highest BCUT2D eigenvalue weighted by Crippen LogP contribution is 2.25. The van der Waals surface area contributed by atoms with E-state index in [0.29, 0.717) is 17.8 Å². The van der Waals surface area contributed by atoms with Gasteiger partial charge in [0.05, 0.1) is 0 Å². The number of nitrogens with zero attached hydrogens (tertiary/aromatic N) is 1. The van der Waals surface area contributed by atoms with Crippen LogP contribution in [0.4, 0.5) is 0 Å². The fourth-order valence-corrected chi connectivity index (χ4v) is 3.15. The molecule has 0 N–H and O–H groups in total. The van der Waals surface area contributed by atoms with Gasteiger partial charge in [-0.05, 0) is 32.4 Å². The average molecular weight is 250 g/mol. The summed E-state index contributed by atoms with van der Waals surface area (Å²) in [5.74, 6) is 3.37. The van der Waals surface area contributed by atoms with Crippen LogP contribution >= 0.6 is 23.4 Å². The van der Waals surface area contributed by atoms with E-state index in [1.807, 2.05) is 16.7 Å². The van der Waals surface area contributed by atoms with Gasteiger partial charge >= 0.3 is 0 Å². The van der Waals surface area contributed by atoms with E-state index in [-0.39, 0.29) is 5.92 Å². The minimum absolute atomic E-state index is 0.257. The van der Waals surface area contributed by atoms with Crippen LogP contribution in [0.5, 0.6) is 0 Å². The molecule has 0 aliphatic carbocycles. The number of carbonyl (C=O) groups excluding carboxylic acids is 1. The van der Waals surface area contributed by atoms with Gasteiger partial charge in [0.1, 0.15) is 0 Å². The SMILES string of the molecule is CC(C)N(CCCCl)C(=O)C1CCSC1. The van der Waals surface area contributed by atoms with Gasteiger partial charge in [-0.2, -0.15) is 11.8 Å². The third-order valence-electron chi connectivity index (χ3n) is 2.72. The summed E-state index contributed by atoms with van der Waals surface area (Å²) in [4.78, 5) is 14.1. The molecule has 2 nitrogen and oxygen atoms in total. The molecule has 0 aromatic heterocycles. The van der Waals surface area contributed by atoms with Gasteiger partial charge in [-0.1, -0.05) is 0 Å². The summed E-state index contributed by atoms with van der Waals surface area (Å²) in [7, 11) is 0. The molecule has 0 aromatic rings. The Morgan fingerprint density at radius 2 is 2.33 bits per heavy atom. The van der Waals surface area contributed by atoms with Crippen molar-refractivity contribution in [1.82, 2.24) is 4.90 Å². The van der Waals surface area contributed by atoms with Gasteiger partial charge in [-0.3, -0.25) is 4.79 Å². The summed E-state index contributed by atoms with van der Waals surface area (Å²) >= 11 is 7.56.